The summed E-state index contributed by atoms with van der Waals surface area (Å²) in [6.45, 7) is -0.769. The van der Waals surface area contributed by atoms with Crippen molar-refractivity contribution in [1.29, 1.82) is 0 Å². The van der Waals surface area contributed by atoms with E-state index in [9.17, 15) is 14.4 Å². The molecule has 0 atom stereocenters. The van der Waals surface area contributed by atoms with Crippen molar-refractivity contribution < 1.29 is 43.0 Å². The van der Waals surface area contributed by atoms with Crippen LogP contribution in [-0.2, 0) is 27.7 Å². The van der Waals surface area contributed by atoms with Gasteiger partial charge in [0, 0.05) is 33.9 Å². The fraction of sp³-hybridized carbons (Fsp3) is 0.786. The standard InChI is InChI=1S/C14H28N2O9Si/c1-23-26(24-2,25-3)6-4-5-16(9-13(21)22)14(10-15,7-11(17)18)8-12(19)20/h4-10,15H2,1-3H3,(H,17,18)(H,19,20)(H,21,22). The van der Waals surface area contributed by atoms with E-state index in [1.807, 2.05) is 0 Å². The zero-order valence-electron chi connectivity index (χ0n) is 15.3. The number of hydrogen-bond donors (Lipinski definition) is 4. The highest BCUT2D eigenvalue weighted by Gasteiger charge is 2.42. The molecule has 0 aromatic rings. The van der Waals surface area contributed by atoms with E-state index in [-0.39, 0.29) is 13.1 Å². The van der Waals surface area contributed by atoms with Gasteiger partial charge in [0.1, 0.15) is 0 Å². The summed E-state index contributed by atoms with van der Waals surface area (Å²) in [5, 5.41) is 27.5. The molecule has 0 fully saturated rings. The molecule has 0 aromatic carbocycles. The van der Waals surface area contributed by atoms with Crippen molar-refractivity contribution in [2.24, 2.45) is 5.73 Å². The van der Waals surface area contributed by atoms with Crippen LogP contribution >= 0.6 is 0 Å². The molecule has 0 rings (SSSR count). The van der Waals surface area contributed by atoms with Crippen LogP contribution in [0.5, 0.6) is 0 Å². The molecule has 0 spiro atoms. The normalized spacial score (nSPS) is 12.3. The predicted molar refractivity (Wildman–Crippen MR) is 91.7 cm³/mol. The Kier molecular flexibility index (Phi) is 10.5. The van der Waals surface area contributed by atoms with Crippen LogP contribution in [0.3, 0.4) is 0 Å². The van der Waals surface area contributed by atoms with Gasteiger partial charge in [-0.1, -0.05) is 0 Å². The molecule has 11 nitrogen and oxygen atoms in total. The van der Waals surface area contributed by atoms with Crippen molar-refractivity contribution in [3.8, 4) is 0 Å². The quantitative estimate of drug-likeness (QED) is 0.258. The lowest BCUT2D eigenvalue weighted by Crippen LogP contribution is -2.58. The molecular weight excluding hydrogens is 368 g/mol. The van der Waals surface area contributed by atoms with E-state index in [4.69, 9.17) is 34.3 Å². The van der Waals surface area contributed by atoms with E-state index in [1.54, 1.807) is 0 Å². The Balaban J connectivity index is 5.47. The van der Waals surface area contributed by atoms with Crippen molar-refractivity contribution in [1.82, 2.24) is 4.90 Å². The molecule has 0 saturated heterocycles. The van der Waals surface area contributed by atoms with Gasteiger partial charge < -0.3 is 34.3 Å². The molecule has 0 saturated carbocycles. The van der Waals surface area contributed by atoms with Crippen LogP contribution in [0.4, 0.5) is 0 Å². The Hall–Kier alpha value is -1.57. The van der Waals surface area contributed by atoms with Crippen molar-refractivity contribution in [3.63, 3.8) is 0 Å². The SMILES string of the molecule is CO[Si](CCCN(CC(=O)O)C(CN)(CC(=O)O)CC(=O)O)(OC)OC. The van der Waals surface area contributed by atoms with Crippen LogP contribution in [0.1, 0.15) is 19.3 Å². The Labute approximate surface area is 153 Å². The lowest BCUT2D eigenvalue weighted by molar-refractivity contribution is -0.150. The first-order chi connectivity index (χ1) is 12.1. The summed E-state index contributed by atoms with van der Waals surface area (Å²) in [7, 11) is 1.42. The van der Waals surface area contributed by atoms with Crippen molar-refractivity contribution in [3.05, 3.63) is 0 Å². The number of rotatable bonds is 15. The zero-order valence-corrected chi connectivity index (χ0v) is 16.3. The minimum atomic E-state index is -2.90. The maximum atomic E-state index is 11.2. The van der Waals surface area contributed by atoms with E-state index >= 15 is 0 Å². The van der Waals surface area contributed by atoms with Crippen molar-refractivity contribution in [2.75, 3.05) is 41.0 Å². The van der Waals surface area contributed by atoms with E-state index in [2.05, 4.69) is 0 Å². The molecule has 0 aliphatic rings. The largest absolute Gasteiger partial charge is 0.500 e. The highest BCUT2D eigenvalue weighted by Crippen LogP contribution is 2.25. The van der Waals surface area contributed by atoms with Gasteiger partial charge in [0.2, 0.25) is 0 Å². The highest BCUT2D eigenvalue weighted by atomic mass is 28.4. The topological polar surface area (TPSA) is 169 Å². The molecule has 0 radical (unpaired) electrons. The second-order valence-electron chi connectivity index (χ2n) is 5.78. The van der Waals surface area contributed by atoms with Crippen LogP contribution in [0.2, 0.25) is 6.04 Å². The number of carboxylic acids is 3. The first-order valence-corrected chi connectivity index (χ1v) is 9.79. The van der Waals surface area contributed by atoms with Crippen molar-refractivity contribution in [2.45, 2.75) is 30.8 Å². The third kappa shape index (κ3) is 7.35. The number of carboxylic acid groups (broad SMARTS) is 3. The Morgan fingerprint density at radius 2 is 1.42 bits per heavy atom. The molecule has 0 heterocycles. The molecule has 12 heteroatoms. The molecule has 26 heavy (non-hydrogen) atoms. The Bertz CT molecular complexity index is 461. The summed E-state index contributed by atoms with van der Waals surface area (Å²) in [6.07, 6.45) is -0.842. The minimum absolute atomic E-state index is 0.0922. The van der Waals surface area contributed by atoms with Crippen LogP contribution in [0, 0.1) is 0 Å². The van der Waals surface area contributed by atoms with Crippen LogP contribution in [-0.4, -0.2) is 93.4 Å². The summed E-state index contributed by atoms with van der Waals surface area (Å²) in [5.41, 5.74) is 4.17. The van der Waals surface area contributed by atoms with Crippen LogP contribution in [0.15, 0.2) is 0 Å². The lowest BCUT2D eigenvalue weighted by atomic mass is 9.88. The third-order valence-electron chi connectivity index (χ3n) is 4.18. The van der Waals surface area contributed by atoms with E-state index in [0.717, 1.165) is 0 Å². The monoisotopic (exact) mass is 396 g/mol. The fourth-order valence-corrected chi connectivity index (χ4v) is 4.52. The first kappa shape index (κ1) is 24.4. The minimum Gasteiger partial charge on any atom is -0.481 e. The summed E-state index contributed by atoms with van der Waals surface area (Å²) in [5.74, 6) is -3.74. The summed E-state index contributed by atoms with van der Waals surface area (Å²) in [6, 6.07) is 0.341. The van der Waals surface area contributed by atoms with Gasteiger partial charge in [0.25, 0.3) is 0 Å². The summed E-state index contributed by atoms with van der Waals surface area (Å²) in [4.78, 5) is 35.0. The molecule has 0 aliphatic heterocycles. The molecule has 0 aromatic heterocycles. The molecule has 0 aliphatic carbocycles. The fourth-order valence-electron chi connectivity index (χ4n) is 2.81. The third-order valence-corrected chi connectivity index (χ3v) is 7.01. The van der Waals surface area contributed by atoms with Crippen LogP contribution in [0.25, 0.3) is 0 Å². The average Bonchev–Trinajstić information content (AvgIpc) is 2.56. The lowest BCUT2D eigenvalue weighted by Gasteiger charge is -2.41. The maximum absolute atomic E-state index is 11.2. The number of nitrogens with two attached hydrogens (primary N) is 1. The van der Waals surface area contributed by atoms with Gasteiger partial charge in [0.15, 0.2) is 0 Å². The van der Waals surface area contributed by atoms with Gasteiger partial charge in [-0.25, -0.2) is 0 Å². The van der Waals surface area contributed by atoms with E-state index in [1.165, 1.54) is 26.2 Å². The van der Waals surface area contributed by atoms with Gasteiger partial charge >= 0.3 is 26.7 Å². The first-order valence-electron chi connectivity index (χ1n) is 7.86. The predicted octanol–water partition coefficient (Wildman–Crippen LogP) is -0.712. The smallest absolute Gasteiger partial charge is 0.481 e. The summed E-state index contributed by atoms with van der Waals surface area (Å²) < 4.78 is 15.9. The molecular formula is C14H28N2O9Si. The Morgan fingerprint density at radius 3 is 1.73 bits per heavy atom. The van der Waals surface area contributed by atoms with E-state index < -0.39 is 51.6 Å². The average molecular weight is 396 g/mol. The van der Waals surface area contributed by atoms with Gasteiger partial charge in [-0.15, -0.1) is 0 Å². The molecule has 0 bridgehead atoms. The maximum Gasteiger partial charge on any atom is 0.500 e. The second-order valence-corrected chi connectivity index (χ2v) is 8.87. The van der Waals surface area contributed by atoms with Crippen LogP contribution < -0.4 is 5.73 Å². The highest BCUT2D eigenvalue weighted by molar-refractivity contribution is 6.60. The molecule has 0 unspecified atom stereocenters. The number of nitrogens with zero attached hydrogens (tertiary/aromatic N) is 1. The number of aliphatic carboxylic acids is 3. The number of carbonyl (C=O) groups is 3. The van der Waals surface area contributed by atoms with Gasteiger partial charge in [0.05, 0.1) is 24.9 Å². The van der Waals surface area contributed by atoms with Crippen molar-refractivity contribution >= 4 is 26.7 Å². The molecule has 0 amide bonds. The molecule has 152 valence electrons. The van der Waals surface area contributed by atoms with Gasteiger partial charge in [-0.2, -0.15) is 0 Å². The van der Waals surface area contributed by atoms with Gasteiger partial charge in [-0.05, 0) is 13.0 Å². The zero-order chi connectivity index (χ0) is 20.4. The second kappa shape index (κ2) is 11.2. The summed E-state index contributed by atoms with van der Waals surface area (Å²) >= 11 is 0. The van der Waals surface area contributed by atoms with Gasteiger partial charge in [-0.3, -0.25) is 19.3 Å². The Morgan fingerprint density at radius 1 is 0.962 bits per heavy atom. The molecule has 5 N–H and O–H groups in total. The number of hydrogen-bond acceptors (Lipinski definition) is 8. The van der Waals surface area contributed by atoms with E-state index in [0.29, 0.717) is 12.5 Å².